The molecule has 3 aromatic heterocycles. The number of aryl methyl sites for hydroxylation is 1. The lowest BCUT2D eigenvalue weighted by molar-refractivity contribution is -0.141. The van der Waals surface area contributed by atoms with E-state index in [1.165, 1.54) is 6.92 Å². The van der Waals surface area contributed by atoms with Crippen LogP contribution in [-0.4, -0.2) is 15.9 Å². The van der Waals surface area contributed by atoms with Gasteiger partial charge in [0, 0.05) is 24.3 Å². The molecule has 9 heteroatoms. The molecule has 0 saturated carbocycles. The maximum Gasteiger partial charge on any atom is 0.433 e. The van der Waals surface area contributed by atoms with Crippen molar-refractivity contribution < 1.29 is 18.0 Å². The first-order chi connectivity index (χ1) is 11.8. The zero-order valence-electron chi connectivity index (χ0n) is 13.0. The molecule has 130 valence electrons. The third-order valence-corrected chi connectivity index (χ3v) is 4.67. The first-order valence-corrected chi connectivity index (χ1v) is 8.03. The van der Waals surface area contributed by atoms with E-state index in [2.05, 4.69) is 15.3 Å². The number of pyridine rings is 2. The van der Waals surface area contributed by atoms with Gasteiger partial charge in [-0.3, -0.25) is 9.78 Å². The molecule has 0 aromatic carbocycles. The Hall–Kier alpha value is -2.68. The van der Waals surface area contributed by atoms with E-state index in [-0.39, 0.29) is 21.9 Å². The number of aromatic nitrogens is 2. The first-order valence-electron chi connectivity index (χ1n) is 7.21. The fourth-order valence-electron chi connectivity index (χ4n) is 2.39. The van der Waals surface area contributed by atoms with E-state index < -0.39 is 17.8 Å². The third kappa shape index (κ3) is 3.41. The monoisotopic (exact) mass is 366 g/mol. The molecule has 0 unspecified atom stereocenters. The van der Waals surface area contributed by atoms with Crippen molar-refractivity contribution >= 4 is 33.1 Å². The molecule has 3 N–H and O–H groups in total. The number of nitrogens with one attached hydrogen (secondary N) is 1. The summed E-state index contributed by atoms with van der Waals surface area (Å²) in [6.07, 6.45) is -1.34. The van der Waals surface area contributed by atoms with Gasteiger partial charge in [0.2, 0.25) is 0 Å². The molecule has 0 fully saturated rings. The van der Waals surface area contributed by atoms with E-state index in [0.717, 1.165) is 23.0 Å². The molecule has 0 aliphatic carbocycles. The van der Waals surface area contributed by atoms with Gasteiger partial charge in [-0.1, -0.05) is 6.07 Å². The number of rotatable bonds is 3. The van der Waals surface area contributed by atoms with Crippen LogP contribution in [0.5, 0.6) is 0 Å². The Morgan fingerprint density at radius 2 is 2.16 bits per heavy atom. The average Bonchev–Trinajstić information content (AvgIpc) is 2.90. The molecule has 0 radical (unpaired) electrons. The third-order valence-electron chi connectivity index (χ3n) is 3.57. The van der Waals surface area contributed by atoms with E-state index in [1.807, 2.05) is 0 Å². The summed E-state index contributed by atoms with van der Waals surface area (Å²) in [5.74, 6) is -0.461. The van der Waals surface area contributed by atoms with Crippen LogP contribution in [0.2, 0.25) is 0 Å². The van der Waals surface area contributed by atoms with E-state index in [0.29, 0.717) is 10.9 Å². The fourth-order valence-corrected chi connectivity index (χ4v) is 3.48. The predicted molar refractivity (Wildman–Crippen MR) is 89.2 cm³/mol. The number of nitrogen functional groups attached to an aromatic ring is 1. The van der Waals surface area contributed by atoms with Crippen molar-refractivity contribution in [3.8, 4) is 0 Å². The van der Waals surface area contributed by atoms with Gasteiger partial charge in [0.25, 0.3) is 5.91 Å². The lowest BCUT2D eigenvalue weighted by atomic mass is 10.1. The minimum atomic E-state index is -4.56. The van der Waals surface area contributed by atoms with Gasteiger partial charge in [0.05, 0.1) is 5.69 Å². The Labute approximate surface area is 144 Å². The maximum atomic E-state index is 12.9. The molecule has 0 spiro atoms. The highest BCUT2D eigenvalue weighted by molar-refractivity contribution is 7.21. The zero-order chi connectivity index (χ0) is 18.2. The Morgan fingerprint density at radius 1 is 1.40 bits per heavy atom. The van der Waals surface area contributed by atoms with Gasteiger partial charge in [-0.15, -0.1) is 11.3 Å². The summed E-state index contributed by atoms with van der Waals surface area (Å²) < 4.78 is 38.7. The van der Waals surface area contributed by atoms with Crippen LogP contribution in [0.15, 0.2) is 30.6 Å². The van der Waals surface area contributed by atoms with Gasteiger partial charge in [0.15, 0.2) is 0 Å². The molecule has 5 nitrogen and oxygen atoms in total. The van der Waals surface area contributed by atoms with Crippen molar-refractivity contribution in [2.45, 2.75) is 19.6 Å². The largest absolute Gasteiger partial charge is 0.433 e. The number of nitrogens with zero attached hydrogens (tertiary/aromatic N) is 2. The molecule has 0 bridgehead atoms. The van der Waals surface area contributed by atoms with Gasteiger partial charge in [-0.25, -0.2) is 4.98 Å². The van der Waals surface area contributed by atoms with Gasteiger partial charge in [-0.2, -0.15) is 13.2 Å². The quantitative estimate of drug-likeness (QED) is 0.743. The number of amides is 1. The second kappa shape index (κ2) is 6.32. The number of hydrogen-bond acceptors (Lipinski definition) is 5. The number of thiophene rings is 1. The van der Waals surface area contributed by atoms with Crippen LogP contribution in [-0.2, 0) is 12.7 Å². The van der Waals surface area contributed by atoms with Gasteiger partial charge in [0.1, 0.15) is 15.4 Å². The Kier molecular flexibility index (Phi) is 4.34. The summed E-state index contributed by atoms with van der Waals surface area (Å²) >= 11 is 0.848. The van der Waals surface area contributed by atoms with Crippen LogP contribution in [0.25, 0.3) is 10.2 Å². The number of fused-ring (bicyclic) bond motifs is 1. The number of hydrogen-bond donors (Lipinski definition) is 2. The number of anilines is 1. The molecular weight excluding hydrogens is 353 g/mol. The molecule has 0 atom stereocenters. The second-order valence-corrected chi connectivity index (χ2v) is 6.39. The van der Waals surface area contributed by atoms with Crippen LogP contribution in [0.3, 0.4) is 0 Å². The standard InChI is InChI=1S/C16H13F3N4OS/c1-8-5-10(16(17,18)19)23-15-11(8)12(20)13(25-15)14(24)22-7-9-3-2-4-21-6-9/h2-6H,7,20H2,1H3,(H,22,24). The van der Waals surface area contributed by atoms with Crippen LogP contribution in [0, 0.1) is 6.92 Å². The fraction of sp³-hybridized carbons (Fsp3) is 0.188. The molecule has 0 aliphatic heterocycles. The predicted octanol–water partition coefficient (Wildman–Crippen LogP) is 3.53. The Morgan fingerprint density at radius 3 is 2.80 bits per heavy atom. The molecule has 0 saturated heterocycles. The SMILES string of the molecule is Cc1cc(C(F)(F)F)nc2sc(C(=O)NCc3cccnc3)c(N)c12. The summed E-state index contributed by atoms with van der Waals surface area (Å²) in [7, 11) is 0. The summed E-state index contributed by atoms with van der Waals surface area (Å²) in [5, 5.41) is 3.06. The first kappa shape index (κ1) is 17.2. The average molecular weight is 366 g/mol. The van der Waals surface area contributed by atoms with Crippen LogP contribution in [0.1, 0.15) is 26.5 Å². The van der Waals surface area contributed by atoms with E-state index in [1.54, 1.807) is 24.5 Å². The summed E-state index contributed by atoms with van der Waals surface area (Å²) in [5.41, 5.74) is 6.25. The normalized spacial score (nSPS) is 11.7. The van der Waals surface area contributed by atoms with Crippen LogP contribution >= 0.6 is 11.3 Å². The van der Waals surface area contributed by atoms with Crippen molar-refractivity contribution in [3.63, 3.8) is 0 Å². The highest BCUT2D eigenvalue weighted by Gasteiger charge is 2.34. The second-order valence-electron chi connectivity index (χ2n) is 5.39. The highest BCUT2D eigenvalue weighted by atomic mass is 32.1. The van der Waals surface area contributed by atoms with Crippen molar-refractivity contribution in [1.29, 1.82) is 0 Å². The molecule has 1 amide bonds. The smallest absolute Gasteiger partial charge is 0.397 e. The molecule has 0 aliphatic rings. The maximum absolute atomic E-state index is 12.9. The zero-order valence-corrected chi connectivity index (χ0v) is 13.8. The van der Waals surface area contributed by atoms with Crippen LogP contribution in [0.4, 0.5) is 18.9 Å². The Balaban J connectivity index is 1.93. The minimum Gasteiger partial charge on any atom is -0.397 e. The lowest BCUT2D eigenvalue weighted by Gasteiger charge is -2.07. The van der Waals surface area contributed by atoms with Gasteiger partial charge in [-0.05, 0) is 30.2 Å². The summed E-state index contributed by atoms with van der Waals surface area (Å²) in [6.45, 7) is 1.75. The van der Waals surface area contributed by atoms with Crippen molar-refractivity contribution in [2.75, 3.05) is 5.73 Å². The number of nitrogens with two attached hydrogens (primary N) is 1. The van der Waals surface area contributed by atoms with Crippen molar-refractivity contribution in [3.05, 3.63) is 52.3 Å². The van der Waals surface area contributed by atoms with E-state index in [4.69, 9.17) is 5.73 Å². The number of carbonyl (C=O) groups is 1. The topological polar surface area (TPSA) is 80.9 Å². The molecule has 25 heavy (non-hydrogen) atoms. The Bertz CT molecular complexity index is 938. The van der Waals surface area contributed by atoms with Gasteiger partial charge >= 0.3 is 6.18 Å². The van der Waals surface area contributed by atoms with Crippen molar-refractivity contribution in [2.24, 2.45) is 0 Å². The molecule has 3 rings (SSSR count). The summed E-state index contributed by atoms with van der Waals surface area (Å²) in [6, 6.07) is 4.47. The number of halogens is 3. The van der Waals surface area contributed by atoms with Crippen molar-refractivity contribution in [1.82, 2.24) is 15.3 Å². The van der Waals surface area contributed by atoms with Crippen LogP contribution < -0.4 is 11.1 Å². The molecular formula is C16H13F3N4OS. The molecule has 3 aromatic rings. The number of carbonyl (C=O) groups excluding carboxylic acids is 1. The van der Waals surface area contributed by atoms with Gasteiger partial charge < -0.3 is 11.1 Å². The summed E-state index contributed by atoms with van der Waals surface area (Å²) in [4.78, 5) is 20.1. The lowest BCUT2D eigenvalue weighted by Crippen LogP contribution is -2.22. The highest BCUT2D eigenvalue weighted by Crippen LogP contribution is 2.38. The number of alkyl halides is 3. The molecule has 3 heterocycles. The van der Waals surface area contributed by atoms with E-state index >= 15 is 0 Å². The minimum absolute atomic E-state index is 0.0938. The van der Waals surface area contributed by atoms with E-state index in [9.17, 15) is 18.0 Å².